The molecule has 0 fully saturated rings. The Morgan fingerprint density at radius 2 is 1.88 bits per heavy atom. The van der Waals surface area contributed by atoms with Crippen molar-refractivity contribution < 1.29 is 14.3 Å². The molecule has 4 rings (SSSR count). The van der Waals surface area contributed by atoms with Gasteiger partial charge in [0.2, 0.25) is 5.91 Å². The Kier molecular flexibility index (Phi) is 7.74. The molecular weight excluding hydrogens is 456 g/mol. The summed E-state index contributed by atoms with van der Waals surface area (Å²) < 4.78 is 7.10. The van der Waals surface area contributed by atoms with E-state index in [4.69, 9.17) is 9.72 Å². The summed E-state index contributed by atoms with van der Waals surface area (Å²) in [6, 6.07) is 18.3. The number of thioether (sulfide) groups is 1. The van der Waals surface area contributed by atoms with Gasteiger partial charge in [-0.2, -0.15) is 0 Å². The van der Waals surface area contributed by atoms with E-state index >= 15 is 0 Å². The van der Waals surface area contributed by atoms with Crippen molar-refractivity contribution in [1.82, 2.24) is 14.5 Å². The molecule has 0 saturated heterocycles. The highest BCUT2D eigenvalue weighted by Gasteiger charge is 2.15. The molecule has 4 aromatic rings. The molecule has 170 valence electrons. The molecule has 0 bridgehead atoms. The minimum Gasteiger partial charge on any atom is -0.466 e. The van der Waals surface area contributed by atoms with Gasteiger partial charge in [-0.25, -0.2) is 9.97 Å². The first-order valence-electron chi connectivity index (χ1n) is 10.6. The number of nitrogens with zero attached hydrogens (tertiary/aromatic N) is 3. The van der Waals surface area contributed by atoms with Gasteiger partial charge in [0.1, 0.15) is 0 Å². The van der Waals surface area contributed by atoms with Crippen molar-refractivity contribution in [3.63, 3.8) is 0 Å². The lowest BCUT2D eigenvalue weighted by Gasteiger charge is -2.09. The summed E-state index contributed by atoms with van der Waals surface area (Å²) in [7, 11) is 0. The Balaban J connectivity index is 1.39. The average molecular weight is 481 g/mol. The third-order valence-electron chi connectivity index (χ3n) is 4.85. The van der Waals surface area contributed by atoms with Gasteiger partial charge in [-0.15, -0.1) is 11.3 Å². The number of esters is 1. The summed E-state index contributed by atoms with van der Waals surface area (Å²) in [6.07, 6.45) is 0.976. The first kappa shape index (κ1) is 23.0. The number of nitrogens with one attached hydrogen (secondary N) is 1. The summed E-state index contributed by atoms with van der Waals surface area (Å²) in [5.74, 6) is -0.286. The zero-order chi connectivity index (χ0) is 23.0. The van der Waals surface area contributed by atoms with Gasteiger partial charge in [-0.05, 0) is 31.0 Å². The van der Waals surface area contributed by atoms with Crippen molar-refractivity contribution >= 4 is 51.1 Å². The number of hydrogen-bond donors (Lipinski definition) is 1. The number of imidazole rings is 1. The Morgan fingerprint density at radius 3 is 2.70 bits per heavy atom. The summed E-state index contributed by atoms with van der Waals surface area (Å²) in [6.45, 7) is 2.87. The second-order valence-electron chi connectivity index (χ2n) is 7.23. The van der Waals surface area contributed by atoms with Gasteiger partial charge in [-0.1, -0.05) is 54.2 Å². The van der Waals surface area contributed by atoms with Crippen LogP contribution in [0.3, 0.4) is 0 Å². The van der Waals surface area contributed by atoms with E-state index in [-0.39, 0.29) is 24.1 Å². The monoisotopic (exact) mass is 480 g/mol. The topological polar surface area (TPSA) is 86.1 Å². The van der Waals surface area contributed by atoms with Crippen LogP contribution in [0.25, 0.3) is 11.0 Å². The third-order valence-corrected chi connectivity index (χ3v) is 6.63. The van der Waals surface area contributed by atoms with E-state index < -0.39 is 0 Å². The molecule has 9 heteroatoms. The number of amides is 1. The smallest absolute Gasteiger partial charge is 0.311 e. The van der Waals surface area contributed by atoms with Crippen molar-refractivity contribution in [2.75, 3.05) is 17.7 Å². The second-order valence-corrected chi connectivity index (χ2v) is 9.03. The first-order chi connectivity index (χ1) is 16.1. The van der Waals surface area contributed by atoms with Crippen molar-refractivity contribution in [3.05, 3.63) is 71.2 Å². The number of benzene rings is 2. The second kappa shape index (κ2) is 11.1. The molecule has 2 aromatic carbocycles. The molecule has 33 heavy (non-hydrogen) atoms. The van der Waals surface area contributed by atoms with Gasteiger partial charge < -0.3 is 14.6 Å². The van der Waals surface area contributed by atoms with Gasteiger partial charge in [0.15, 0.2) is 10.3 Å². The van der Waals surface area contributed by atoms with Gasteiger partial charge in [-0.3, -0.25) is 9.59 Å². The minimum atomic E-state index is -0.328. The molecule has 0 aliphatic rings. The molecule has 7 nitrogen and oxygen atoms in total. The highest BCUT2D eigenvalue weighted by molar-refractivity contribution is 7.99. The summed E-state index contributed by atoms with van der Waals surface area (Å²) >= 11 is 2.69. The van der Waals surface area contributed by atoms with Crippen LogP contribution in [-0.2, 0) is 33.7 Å². The highest BCUT2D eigenvalue weighted by atomic mass is 32.2. The quantitative estimate of drug-likeness (QED) is 0.264. The average Bonchev–Trinajstić information content (AvgIpc) is 3.40. The third kappa shape index (κ3) is 6.21. The minimum absolute atomic E-state index is 0.0976. The summed E-state index contributed by atoms with van der Waals surface area (Å²) in [5, 5.41) is 5.84. The predicted molar refractivity (Wildman–Crippen MR) is 132 cm³/mol. The van der Waals surface area contributed by atoms with Gasteiger partial charge >= 0.3 is 5.97 Å². The fourth-order valence-corrected chi connectivity index (χ4v) is 4.92. The van der Waals surface area contributed by atoms with E-state index in [1.165, 1.54) is 28.7 Å². The Hall–Kier alpha value is -3.17. The lowest BCUT2D eigenvalue weighted by Crippen LogP contribution is -2.15. The van der Waals surface area contributed by atoms with Crippen LogP contribution in [0.2, 0.25) is 0 Å². The summed E-state index contributed by atoms with van der Waals surface area (Å²) in [4.78, 5) is 33.2. The number of carbonyl (C=O) groups is 2. The zero-order valence-electron chi connectivity index (χ0n) is 18.2. The number of rotatable bonds is 10. The van der Waals surface area contributed by atoms with Crippen molar-refractivity contribution in [3.8, 4) is 0 Å². The maximum atomic E-state index is 12.5. The largest absolute Gasteiger partial charge is 0.466 e. The number of ether oxygens (including phenoxy) is 1. The molecule has 0 spiro atoms. The van der Waals surface area contributed by atoms with Crippen LogP contribution in [0.4, 0.5) is 5.13 Å². The van der Waals surface area contributed by atoms with E-state index in [2.05, 4.69) is 33.1 Å². The van der Waals surface area contributed by atoms with E-state index in [9.17, 15) is 9.59 Å². The van der Waals surface area contributed by atoms with Crippen molar-refractivity contribution in [2.24, 2.45) is 0 Å². The van der Waals surface area contributed by atoms with Crippen LogP contribution in [0, 0.1) is 0 Å². The van der Waals surface area contributed by atoms with Crippen LogP contribution < -0.4 is 5.32 Å². The van der Waals surface area contributed by atoms with Gasteiger partial charge in [0.05, 0.1) is 35.5 Å². The molecule has 2 aromatic heterocycles. The molecule has 0 aliphatic carbocycles. The lowest BCUT2D eigenvalue weighted by molar-refractivity contribution is -0.142. The number of hydrogen-bond acceptors (Lipinski definition) is 7. The molecule has 0 aliphatic heterocycles. The standard InChI is InChI=1S/C24H24N4O3S2/c1-2-31-22(30)14-18-15-32-23(25-18)27-21(29)16-33-24-26-19-10-6-7-11-20(19)28(24)13-12-17-8-4-3-5-9-17/h3-11,15H,2,12-14,16H2,1H3,(H,25,27,29). The van der Waals surface area contributed by atoms with E-state index in [0.717, 1.165) is 29.2 Å². The van der Waals surface area contributed by atoms with Crippen LogP contribution in [0.15, 0.2) is 65.1 Å². The van der Waals surface area contributed by atoms with E-state index in [0.29, 0.717) is 17.4 Å². The summed E-state index contributed by atoms with van der Waals surface area (Å²) in [5.41, 5.74) is 3.81. The lowest BCUT2D eigenvalue weighted by atomic mass is 10.1. The molecular formula is C24H24N4O3S2. The van der Waals surface area contributed by atoms with Crippen LogP contribution >= 0.6 is 23.1 Å². The van der Waals surface area contributed by atoms with Crippen molar-refractivity contribution in [1.29, 1.82) is 0 Å². The fourth-order valence-electron chi connectivity index (χ4n) is 3.36. The molecule has 2 heterocycles. The predicted octanol–water partition coefficient (Wildman–Crippen LogP) is 4.57. The number of aromatic nitrogens is 3. The first-order valence-corrected chi connectivity index (χ1v) is 12.5. The molecule has 1 amide bonds. The van der Waals surface area contributed by atoms with Crippen LogP contribution in [0.5, 0.6) is 0 Å². The van der Waals surface area contributed by atoms with Crippen LogP contribution in [0.1, 0.15) is 18.2 Å². The number of carbonyl (C=O) groups excluding carboxylic acids is 2. The SMILES string of the molecule is CCOC(=O)Cc1csc(NC(=O)CSc2nc3ccccc3n2CCc2ccccc2)n1. The van der Waals surface area contributed by atoms with Crippen molar-refractivity contribution in [2.45, 2.75) is 31.5 Å². The molecule has 1 N–H and O–H groups in total. The van der Waals surface area contributed by atoms with E-state index in [1.807, 2.05) is 36.4 Å². The maximum Gasteiger partial charge on any atom is 0.311 e. The number of aryl methyl sites for hydroxylation is 2. The molecule has 0 radical (unpaired) electrons. The van der Waals surface area contributed by atoms with Crippen LogP contribution in [-0.4, -0.2) is 38.8 Å². The Bertz CT molecular complexity index is 1240. The Labute approximate surface area is 200 Å². The highest BCUT2D eigenvalue weighted by Crippen LogP contribution is 2.25. The molecule has 0 unspecified atom stereocenters. The van der Waals surface area contributed by atoms with Gasteiger partial charge in [0, 0.05) is 11.9 Å². The number of para-hydroxylation sites is 2. The normalized spacial score (nSPS) is 10.9. The molecule has 0 atom stereocenters. The van der Waals surface area contributed by atoms with E-state index in [1.54, 1.807) is 12.3 Å². The Morgan fingerprint density at radius 1 is 1.09 bits per heavy atom. The number of fused-ring (bicyclic) bond motifs is 1. The zero-order valence-corrected chi connectivity index (χ0v) is 19.8. The fraction of sp³-hybridized carbons (Fsp3) is 0.250. The number of thiazole rings is 1. The van der Waals surface area contributed by atoms with Gasteiger partial charge in [0.25, 0.3) is 0 Å². The maximum absolute atomic E-state index is 12.5. The number of anilines is 1. The molecule has 0 saturated carbocycles.